The molecule has 0 aromatic heterocycles. The van der Waals surface area contributed by atoms with Crippen molar-refractivity contribution in [3.8, 4) is 0 Å². The van der Waals surface area contributed by atoms with Crippen LogP contribution in [0.15, 0.2) is 16.3 Å². The van der Waals surface area contributed by atoms with Gasteiger partial charge in [0, 0.05) is 23.2 Å². The molecule has 1 atom stereocenters. The highest BCUT2D eigenvalue weighted by molar-refractivity contribution is 5.94. The van der Waals surface area contributed by atoms with E-state index in [9.17, 15) is 0 Å². The SMILES string of the molecule is CC(C)(C)C1=NC2=C(CCC(C(C)(C)C)C2)C1. The first-order chi connectivity index (χ1) is 7.68. The fraction of sp³-hybridized carbons (Fsp3) is 0.812. The Balaban J connectivity index is 2.14. The first kappa shape index (κ1) is 12.9. The van der Waals surface area contributed by atoms with Gasteiger partial charge in [-0.05, 0) is 36.2 Å². The lowest BCUT2D eigenvalue weighted by Gasteiger charge is -2.34. The van der Waals surface area contributed by atoms with E-state index in [0.717, 1.165) is 12.3 Å². The van der Waals surface area contributed by atoms with Crippen molar-refractivity contribution in [2.75, 3.05) is 0 Å². The molecule has 0 bridgehead atoms. The number of aliphatic imine (C=N–C) groups is 1. The number of hydrogen-bond acceptors (Lipinski definition) is 1. The van der Waals surface area contributed by atoms with Crippen LogP contribution in [0.5, 0.6) is 0 Å². The van der Waals surface area contributed by atoms with Gasteiger partial charge in [-0.3, -0.25) is 4.99 Å². The fourth-order valence-electron chi connectivity index (χ4n) is 2.86. The van der Waals surface area contributed by atoms with Crippen LogP contribution in [0.2, 0.25) is 0 Å². The molecular formula is C16H27N. The Labute approximate surface area is 106 Å². The molecule has 0 spiro atoms. The lowest BCUT2D eigenvalue weighted by atomic mass is 9.72. The lowest BCUT2D eigenvalue weighted by Crippen LogP contribution is -2.23. The molecule has 17 heavy (non-hydrogen) atoms. The van der Waals surface area contributed by atoms with Gasteiger partial charge in [0.05, 0.1) is 0 Å². The molecule has 1 aliphatic carbocycles. The minimum Gasteiger partial charge on any atom is -0.261 e. The van der Waals surface area contributed by atoms with Crippen LogP contribution in [0.25, 0.3) is 0 Å². The van der Waals surface area contributed by atoms with Crippen LogP contribution in [-0.4, -0.2) is 5.71 Å². The van der Waals surface area contributed by atoms with E-state index in [4.69, 9.17) is 4.99 Å². The Hall–Kier alpha value is -0.590. The van der Waals surface area contributed by atoms with Gasteiger partial charge in [-0.25, -0.2) is 0 Å². The van der Waals surface area contributed by atoms with Crippen LogP contribution >= 0.6 is 0 Å². The summed E-state index contributed by atoms with van der Waals surface area (Å²) >= 11 is 0. The number of hydrogen-bond donors (Lipinski definition) is 0. The molecule has 0 radical (unpaired) electrons. The van der Waals surface area contributed by atoms with Crippen LogP contribution in [0.1, 0.15) is 67.2 Å². The smallest absolute Gasteiger partial charge is 0.0402 e. The molecule has 2 rings (SSSR count). The molecule has 2 aliphatic rings. The first-order valence-corrected chi connectivity index (χ1v) is 6.97. The maximum atomic E-state index is 4.94. The summed E-state index contributed by atoms with van der Waals surface area (Å²) < 4.78 is 0. The van der Waals surface area contributed by atoms with E-state index in [1.807, 2.05) is 0 Å². The van der Waals surface area contributed by atoms with Crippen molar-refractivity contribution >= 4 is 5.71 Å². The van der Waals surface area contributed by atoms with E-state index in [1.165, 1.54) is 30.7 Å². The second-order valence-electron chi connectivity index (χ2n) is 7.84. The highest BCUT2D eigenvalue weighted by Crippen LogP contribution is 2.44. The lowest BCUT2D eigenvalue weighted by molar-refractivity contribution is 0.215. The molecule has 1 heterocycles. The van der Waals surface area contributed by atoms with Crippen LogP contribution < -0.4 is 0 Å². The predicted octanol–water partition coefficient (Wildman–Crippen LogP) is 4.98. The Kier molecular flexibility index (Phi) is 3.00. The Morgan fingerprint density at radius 1 is 1.06 bits per heavy atom. The largest absolute Gasteiger partial charge is 0.261 e. The molecule has 1 heteroatoms. The molecule has 96 valence electrons. The van der Waals surface area contributed by atoms with E-state index in [0.29, 0.717) is 5.41 Å². The molecule has 0 fully saturated rings. The van der Waals surface area contributed by atoms with E-state index in [1.54, 1.807) is 5.57 Å². The van der Waals surface area contributed by atoms with E-state index in [2.05, 4.69) is 41.5 Å². The van der Waals surface area contributed by atoms with Crippen molar-refractivity contribution < 1.29 is 0 Å². The molecule has 0 amide bonds. The molecule has 0 saturated carbocycles. The van der Waals surface area contributed by atoms with Gasteiger partial charge in [-0.1, -0.05) is 41.5 Å². The highest BCUT2D eigenvalue weighted by atomic mass is 14.8. The maximum Gasteiger partial charge on any atom is 0.0402 e. The Morgan fingerprint density at radius 3 is 2.24 bits per heavy atom. The minimum atomic E-state index is 0.245. The zero-order valence-corrected chi connectivity index (χ0v) is 12.4. The van der Waals surface area contributed by atoms with Gasteiger partial charge >= 0.3 is 0 Å². The van der Waals surface area contributed by atoms with E-state index in [-0.39, 0.29) is 5.41 Å². The highest BCUT2D eigenvalue weighted by Gasteiger charge is 2.34. The summed E-state index contributed by atoms with van der Waals surface area (Å²) in [4.78, 5) is 4.94. The second-order valence-corrected chi connectivity index (χ2v) is 7.84. The fourth-order valence-corrected chi connectivity index (χ4v) is 2.86. The van der Waals surface area contributed by atoms with Crippen molar-refractivity contribution in [2.45, 2.75) is 67.2 Å². The summed E-state index contributed by atoms with van der Waals surface area (Å²) in [6.07, 6.45) is 4.99. The predicted molar refractivity (Wildman–Crippen MR) is 75.3 cm³/mol. The third-order valence-corrected chi connectivity index (χ3v) is 4.38. The van der Waals surface area contributed by atoms with E-state index < -0.39 is 0 Å². The van der Waals surface area contributed by atoms with Gasteiger partial charge in [0.15, 0.2) is 0 Å². The van der Waals surface area contributed by atoms with Crippen LogP contribution in [0, 0.1) is 16.7 Å². The standard InChI is InChI=1S/C16H27N/c1-15(2,3)12-8-7-11-9-14(16(4,5)6)17-13(11)10-12/h12H,7-10H2,1-6H3. The van der Waals surface area contributed by atoms with Gasteiger partial charge in [-0.2, -0.15) is 0 Å². The molecule has 0 saturated heterocycles. The average Bonchev–Trinajstić information content (AvgIpc) is 2.57. The summed E-state index contributed by atoms with van der Waals surface area (Å²) in [5.74, 6) is 0.810. The quantitative estimate of drug-likeness (QED) is 0.559. The van der Waals surface area contributed by atoms with Crippen molar-refractivity contribution in [1.29, 1.82) is 0 Å². The Bertz CT molecular complexity index is 371. The summed E-state index contributed by atoms with van der Waals surface area (Å²) in [6.45, 7) is 14.0. The van der Waals surface area contributed by atoms with Crippen molar-refractivity contribution in [1.82, 2.24) is 0 Å². The maximum absolute atomic E-state index is 4.94. The van der Waals surface area contributed by atoms with Crippen LogP contribution in [0.4, 0.5) is 0 Å². The van der Waals surface area contributed by atoms with Crippen molar-refractivity contribution in [3.63, 3.8) is 0 Å². The third kappa shape index (κ3) is 2.64. The number of nitrogens with zero attached hydrogens (tertiary/aromatic N) is 1. The van der Waals surface area contributed by atoms with Crippen molar-refractivity contribution in [3.05, 3.63) is 11.3 Å². The Morgan fingerprint density at radius 2 is 1.71 bits per heavy atom. The first-order valence-electron chi connectivity index (χ1n) is 6.97. The molecular weight excluding hydrogens is 206 g/mol. The molecule has 0 aromatic rings. The van der Waals surface area contributed by atoms with E-state index >= 15 is 0 Å². The van der Waals surface area contributed by atoms with Gasteiger partial charge in [-0.15, -0.1) is 0 Å². The van der Waals surface area contributed by atoms with Crippen LogP contribution in [0.3, 0.4) is 0 Å². The summed E-state index contributed by atoms with van der Waals surface area (Å²) in [6, 6.07) is 0. The molecule has 1 unspecified atom stereocenters. The van der Waals surface area contributed by atoms with Gasteiger partial charge in [0.1, 0.15) is 0 Å². The summed E-state index contributed by atoms with van der Waals surface area (Å²) in [7, 11) is 0. The van der Waals surface area contributed by atoms with Gasteiger partial charge in [0.25, 0.3) is 0 Å². The van der Waals surface area contributed by atoms with Gasteiger partial charge < -0.3 is 0 Å². The zero-order chi connectivity index (χ0) is 12.8. The monoisotopic (exact) mass is 233 g/mol. The third-order valence-electron chi connectivity index (χ3n) is 4.38. The van der Waals surface area contributed by atoms with Crippen molar-refractivity contribution in [2.24, 2.45) is 21.7 Å². The zero-order valence-electron chi connectivity index (χ0n) is 12.4. The molecule has 1 nitrogen and oxygen atoms in total. The summed E-state index contributed by atoms with van der Waals surface area (Å²) in [5, 5.41) is 0. The molecule has 1 aliphatic heterocycles. The average molecular weight is 233 g/mol. The normalized spacial score (nSPS) is 26.0. The topological polar surface area (TPSA) is 12.4 Å². The second kappa shape index (κ2) is 3.96. The molecule has 0 aromatic carbocycles. The number of allylic oxidation sites excluding steroid dienone is 2. The number of rotatable bonds is 0. The van der Waals surface area contributed by atoms with Crippen LogP contribution in [-0.2, 0) is 0 Å². The summed E-state index contributed by atoms with van der Waals surface area (Å²) in [5.41, 5.74) is 5.14. The minimum absolute atomic E-state index is 0.245. The molecule has 0 N–H and O–H groups in total. The van der Waals surface area contributed by atoms with Gasteiger partial charge in [0.2, 0.25) is 0 Å².